The summed E-state index contributed by atoms with van der Waals surface area (Å²) in [7, 11) is 0. The van der Waals surface area contributed by atoms with Crippen molar-refractivity contribution < 1.29 is 4.42 Å². The lowest BCUT2D eigenvalue weighted by molar-refractivity contribution is 0.529. The highest BCUT2D eigenvalue weighted by Crippen LogP contribution is 2.21. The Morgan fingerprint density at radius 3 is 2.79 bits per heavy atom. The van der Waals surface area contributed by atoms with Crippen molar-refractivity contribution >= 4 is 5.69 Å². The molecular weight excluding hydrogens is 364 g/mol. The maximum atomic E-state index is 5.85. The third-order valence-corrected chi connectivity index (χ3v) is 5.40. The smallest absolute Gasteiger partial charge is 0.152 e. The van der Waals surface area contributed by atoms with Crippen LogP contribution in [0.25, 0.3) is 11.5 Å². The van der Waals surface area contributed by atoms with Crippen molar-refractivity contribution in [2.75, 3.05) is 5.32 Å². The maximum Gasteiger partial charge on any atom is 0.152 e. The molecule has 1 aromatic carbocycles. The minimum Gasteiger partial charge on any atom is -0.458 e. The van der Waals surface area contributed by atoms with Crippen LogP contribution in [0.4, 0.5) is 5.69 Å². The molecule has 4 aromatic rings. The van der Waals surface area contributed by atoms with Crippen LogP contribution in [0.5, 0.6) is 0 Å². The predicted octanol–water partition coefficient (Wildman–Crippen LogP) is 4.19. The van der Waals surface area contributed by atoms with Crippen molar-refractivity contribution in [3.63, 3.8) is 0 Å². The molecule has 0 radical (unpaired) electrons. The van der Waals surface area contributed by atoms with Crippen molar-refractivity contribution in [1.82, 2.24) is 25.0 Å². The number of H-pyrrole nitrogens is 1. The molecule has 4 heterocycles. The van der Waals surface area contributed by atoms with E-state index in [9.17, 15) is 0 Å². The molecule has 0 spiro atoms. The predicted molar refractivity (Wildman–Crippen MR) is 110 cm³/mol. The Labute approximate surface area is 169 Å². The van der Waals surface area contributed by atoms with Crippen LogP contribution in [0, 0.1) is 0 Å². The summed E-state index contributed by atoms with van der Waals surface area (Å²) in [5.74, 6) is 3.89. The Kier molecular flexibility index (Phi) is 4.86. The molecule has 0 atom stereocenters. The number of aromatic nitrogens is 5. The first-order chi connectivity index (χ1) is 14.3. The second kappa shape index (κ2) is 7.95. The van der Waals surface area contributed by atoms with Gasteiger partial charge in [0.25, 0.3) is 0 Å². The molecular formula is C22H24N6O. The topological polar surface area (TPSA) is 84.6 Å². The zero-order valence-corrected chi connectivity index (χ0v) is 16.3. The summed E-state index contributed by atoms with van der Waals surface area (Å²) >= 11 is 0. The number of rotatable bonds is 6. The summed E-state index contributed by atoms with van der Waals surface area (Å²) in [5, 5.41) is 19.1. The number of nitrogens with one attached hydrogen (secondary N) is 2. The molecule has 5 rings (SSSR count). The Bertz CT molecular complexity index is 1060. The molecule has 1 aliphatic heterocycles. The fourth-order valence-corrected chi connectivity index (χ4v) is 3.80. The molecule has 0 amide bonds. The molecule has 0 saturated heterocycles. The first-order valence-corrected chi connectivity index (χ1v) is 10.2. The van der Waals surface area contributed by atoms with Crippen molar-refractivity contribution in [3.8, 4) is 11.5 Å². The number of fused-ring (bicyclic) bond motifs is 1. The average Bonchev–Trinajstić information content (AvgIpc) is 3.47. The summed E-state index contributed by atoms with van der Waals surface area (Å²) in [6.07, 6.45) is 7.30. The minimum atomic E-state index is 0.630. The molecule has 0 aliphatic carbocycles. The fraction of sp³-hybridized carbons (Fsp3) is 0.318. The van der Waals surface area contributed by atoms with E-state index >= 15 is 0 Å². The van der Waals surface area contributed by atoms with Gasteiger partial charge >= 0.3 is 0 Å². The maximum absolute atomic E-state index is 5.85. The van der Waals surface area contributed by atoms with Crippen LogP contribution in [-0.2, 0) is 25.9 Å². The van der Waals surface area contributed by atoms with Crippen molar-refractivity contribution in [2.24, 2.45) is 0 Å². The minimum absolute atomic E-state index is 0.630. The van der Waals surface area contributed by atoms with E-state index in [1.165, 1.54) is 24.8 Å². The van der Waals surface area contributed by atoms with E-state index in [2.05, 4.69) is 54.5 Å². The zero-order chi connectivity index (χ0) is 19.5. The number of benzene rings is 1. The summed E-state index contributed by atoms with van der Waals surface area (Å²) in [5.41, 5.74) is 3.19. The third kappa shape index (κ3) is 3.94. The van der Waals surface area contributed by atoms with Gasteiger partial charge in [-0.25, -0.2) is 0 Å². The van der Waals surface area contributed by atoms with E-state index in [1.807, 2.05) is 18.2 Å². The van der Waals surface area contributed by atoms with E-state index in [4.69, 9.17) is 4.42 Å². The van der Waals surface area contributed by atoms with Gasteiger partial charge in [0.1, 0.15) is 23.1 Å². The van der Waals surface area contributed by atoms with Gasteiger partial charge in [-0.2, -0.15) is 5.10 Å². The van der Waals surface area contributed by atoms with Gasteiger partial charge in [-0.3, -0.25) is 5.10 Å². The summed E-state index contributed by atoms with van der Waals surface area (Å²) < 4.78 is 8.17. The molecule has 0 fully saturated rings. The molecule has 0 bridgehead atoms. The highest BCUT2D eigenvalue weighted by atomic mass is 16.3. The van der Waals surface area contributed by atoms with Crippen LogP contribution < -0.4 is 5.32 Å². The second-order valence-corrected chi connectivity index (χ2v) is 7.46. The Morgan fingerprint density at radius 2 is 1.93 bits per heavy atom. The monoisotopic (exact) mass is 388 g/mol. The molecule has 148 valence electrons. The lowest BCUT2D eigenvalue weighted by Crippen LogP contribution is -2.06. The van der Waals surface area contributed by atoms with Crippen molar-refractivity contribution in [2.45, 2.75) is 45.2 Å². The van der Waals surface area contributed by atoms with Crippen LogP contribution in [0.15, 0.2) is 53.1 Å². The molecule has 2 N–H and O–H groups in total. The first-order valence-electron chi connectivity index (χ1n) is 10.2. The molecule has 3 aromatic heterocycles. The lowest BCUT2D eigenvalue weighted by atomic mass is 10.1. The van der Waals surface area contributed by atoms with Crippen LogP contribution in [-0.4, -0.2) is 25.0 Å². The molecule has 0 saturated carbocycles. The van der Waals surface area contributed by atoms with Crippen LogP contribution >= 0.6 is 0 Å². The van der Waals surface area contributed by atoms with E-state index in [1.54, 1.807) is 6.20 Å². The average molecular weight is 388 g/mol. The van der Waals surface area contributed by atoms with Gasteiger partial charge in [0.2, 0.25) is 0 Å². The van der Waals surface area contributed by atoms with Gasteiger partial charge in [-0.05, 0) is 48.7 Å². The normalized spacial score (nSPS) is 13.8. The van der Waals surface area contributed by atoms with Gasteiger partial charge in [-0.1, -0.05) is 18.6 Å². The van der Waals surface area contributed by atoms with Crippen molar-refractivity contribution in [1.29, 1.82) is 0 Å². The SMILES string of the molecule is c1cc(-c2ccc(CNc3ccc(Cc4nnc5n4CCCCC5)cc3)o2)[nH]n1. The Hall–Kier alpha value is -3.35. The van der Waals surface area contributed by atoms with Crippen molar-refractivity contribution in [3.05, 3.63) is 71.6 Å². The zero-order valence-electron chi connectivity index (χ0n) is 16.3. The van der Waals surface area contributed by atoms with Crippen LogP contribution in [0.2, 0.25) is 0 Å². The van der Waals surface area contributed by atoms with E-state index in [0.717, 1.165) is 53.9 Å². The largest absolute Gasteiger partial charge is 0.458 e. The highest BCUT2D eigenvalue weighted by molar-refractivity contribution is 5.51. The number of nitrogens with zero attached hydrogens (tertiary/aromatic N) is 4. The van der Waals surface area contributed by atoms with Gasteiger partial charge in [0.15, 0.2) is 5.76 Å². The number of hydrogen-bond donors (Lipinski definition) is 2. The Balaban J connectivity index is 1.20. The number of aryl methyl sites for hydroxylation is 1. The summed E-state index contributed by atoms with van der Waals surface area (Å²) in [6, 6.07) is 14.3. The summed E-state index contributed by atoms with van der Waals surface area (Å²) in [4.78, 5) is 0. The number of hydrogen-bond acceptors (Lipinski definition) is 5. The number of furan rings is 1. The quantitative estimate of drug-likeness (QED) is 0.517. The first kappa shape index (κ1) is 17.7. The molecule has 0 unspecified atom stereocenters. The Morgan fingerprint density at radius 1 is 1.00 bits per heavy atom. The number of aromatic amines is 1. The molecule has 1 aliphatic rings. The molecule has 7 heteroatoms. The van der Waals surface area contributed by atoms with Gasteiger partial charge in [0, 0.05) is 31.3 Å². The standard InChI is InChI=1S/C22H24N6O/c1-2-4-21-26-27-22(28(21)13-3-1)14-16-5-7-17(8-6-16)23-15-18-9-10-20(29-18)19-11-12-24-25-19/h5-12,23H,1-4,13-15H2,(H,24,25). The van der Waals surface area contributed by atoms with E-state index in [0.29, 0.717) is 6.54 Å². The van der Waals surface area contributed by atoms with Gasteiger partial charge in [-0.15, -0.1) is 10.2 Å². The van der Waals surface area contributed by atoms with Gasteiger partial charge < -0.3 is 14.3 Å². The highest BCUT2D eigenvalue weighted by Gasteiger charge is 2.14. The van der Waals surface area contributed by atoms with Crippen LogP contribution in [0.3, 0.4) is 0 Å². The van der Waals surface area contributed by atoms with E-state index in [-0.39, 0.29) is 0 Å². The third-order valence-electron chi connectivity index (χ3n) is 5.40. The molecule has 7 nitrogen and oxygen atoms in total. The van der Waals surface area contributed by atoms with Crippen LogP contribution in [0.1, 0.15) is 42.2 Å². The second-order valence-electron chi connectivity index (χ2n) is 7.46. The van der Waals surface area contributed by atoms with Gasteiger partial charge in [0.05, 0.1) is 6.54 Å². The number of anilines is 1. The lowest BCUT2D eigenvalue weighted by Gasteiger charge is -2.08. The fourth-order valence-electron chi connectivity index (χ4n) is 3.80. The van der Waals surface area contributed by atoms with E-state index < -0.39 is 0 Å². The molecule has 29 heavy (non-hydrogen) atoms. The summed E-state index contributed by atoms with van der Waals surface area (Å²) in [6.45, 7) is 1.67.